The Kier molecular flexibility index (Phi) is 4.88. The fourth-order valence-corrected chi connectivity index (χ4v) is 5.20. The number of nitrogens with zero attached hydrogens (tertiary/aromatic N) is 2. The van der Waals surface area contributed by atoms with Gasteiger partial charge in [0.15, 0.2) is 0 Å². The lowest BCUT2D eigenvalue weighted by atomic mass is 10.3. The molecule has 0 radical (unpaired) electrons. The predicted octanol–water partition coefficient (Wildman–Crippen LogP) is 2.06. The molecule has 2 rings (SSSR count). The molecule has 1 heterocycles. The lowest BCUT2D eigenvalue weighted by Crippen LogP contribution is -2.49. The largest absolute Gasteiger partial charge is 0.340 e. The Labute approximate surface area is 135 Å². The van der Waals surface area contributed by atoms with Crippen LogP contribution in [0.4, 0.5) is 0 Å². The van der Waals surface area contributed by atoms with E-state index in [1.54, 1.807) is 23.1 Å². The molecule has 1 amide bonds. The molecule has 1 saturated heterocycles. The lowest BCUT2D eigenvalue weighted by Gasteiger charge is -2.33. The van der Waals surface area contributed by atoms with Crippen LogP contribution in [0.5, 0.6) is 0 Å². The van der Waals surface area contributed by atoms with Crippen LogP contribution < -0.4 is 0 Å². The first kappa shape index (κ1) is 15.9. The van der Waals surface area contributed by atoms with Crippen LogP contribution in [0, 0.1) is 0 Å². The summed E-state index contributed by atoms with van der Waals surface area (Å²) >= 11 is 6.58. The van der Waals surface area contributed by atoms with Crippen molar-refractivity contribution in [2.24, 2.45) is 0 Å². The minimum Gasteiger partial charge on any atom is -0.340 e. The summed E-state index contributed by atoms with van der Waals surface area (Å²) in [6.07, 6.45) is 0. The zero-order chi connectivity index (χ0) is 14.9. The van der Waals surface area contributed by atoms with Crippen molar-refractivity contribution in [1.29, 1.82) is 0 Å². The number of carbonyl (C=O) groups excluding carboxylic acids is 1. The van der Waals surface area contributed by atoms with E-state index >= 15 is 0 Å². The number of carbonyl (C=O) groups is 1. The number of benzene rings is 1. The molecule has 1 aromatic rings. The highest BCUT2D eigenvalue weighted by atomic mass is 79.9. The third-order valence-electron chi connectivity index (χ3n) is 3.20. The predicted molar refractivity (Wildman–Crippen MR) is 82.9 cm³/mol. The van der Waals surface area contributed by atoms with Gasteiger partial charge in [0.2, 0.25) is 15.9 Å². The summed E-state index contributed by atoms with van der Waals surface area (Å²) in [5.74, 6) is -0.0214. The van der Waals surface area contributed by atoms with Crippen molar-refractivity contribution in [2.45, 2.75) is 11.8 Å². The molecule has 0 unspecified atom stereocenters. The normalized spacial score (nSPS) is 17.2. The number of hydrogen-bond acceptors (Lipinski definition) is 3. The van der Waals surface area contributed by atoms with E-state index in [0.717, 1.165) is 4.47 Å². The van der Waals surface area contributed by atoms with E-state index in [1.807, 2.05) is 0 Å². The van der Waals surface area contributed by atoms with Gasteiger partial charge in [0.1, 0.15) is 0 Å². The van der Waals surface area contributed by atoms with Gasteiger partial charge in [0.05, 0.1) is 4.90 Å². The SMILES string of the molecule is CC(=O)N1CCN(S(=O)(=O)c2ccc(Br)cc2Br)CC1. The molecule has 1 fully saturated rings. The number of halogens is 2. The van der Waals surface area contributed by atoms with Crippen molar-refractivity contribution in [3.8, 4) is 0 Å². The molecule has 0 bridgehead atoms. The summed E-state index contributed by atoms with van der Waals surface area (Å²) in [4.78, 5) is 13.2. The van der Waals surface area contributed by atoms with Gasteiger partial charge in [-0.15, -0.1) is 0 Å². The smallest absolute Gasteiger partial charge is 0.244 e. The van der Waals surface area contributed by atoms with Gasteiger partial charge in [-0.3, -0.25) is 4.79 Å². The van der Waals surface area contributed by atoms with Gasteiger partial charge in [-0.25, -0.2) is 8.42 Å². The maximum Gasteiger partial charge on any atom is 0.244 e. The molecule has 1 aliphatic heterocycles. The molecule has 0 aromatic heterocycles. The van der Waals surface area contributed by atoms with E-state index in [1.165, 1.54) is 11.2 Å². The molecule has 0 saturated carbocycles. The maximum atomic E-state index is 12.6. The molecule has 0 aliphatic carbocycles. The summed E-state index contributed by atoms with van der Waals surface area (Å²) in [6.45, 7) is 3.01. The zero-order valence-corrected chi connectivity index (χ0v) is 14.8. The van der Waals surface area contributed by atoms with Gasteiger partial charge in [-0.1, -0.05) is 15.9 Å². The molecular weight excluding hydrogens is 412 g/mol. The first-order valence-electron chi connectivity index (χ1n) is 6.03. The van der Waals surface area contributed by atoms with E-state index in [2.05, 4.69) is 31.9 Å². The van der Waals surface area contributed by atoms with E-state index < -0.39 is 10.0 Å². The summed E-state index contributed by atoms with van der Waals surface area (Å²) in [7, 11) is -3.53. The van der Waals surface area contributed by atoms with E-state index in [4.69, 9.17) is 0 Å². The molecule has 5 nitrogen and oxygen atoms in total. The number of amides is 1. The highest BCUT2D eigenvalue weighted by Gasteiger charge is 2.30. The van der Waals surface area contributed by atoms with E-state index in [9.17, 15) is 13.2 Å². The summed E-state index contributed by atoms with van der Waals surface area (Å²) in [5, 5.41) is 0. The minimum absolute atomic E-state index is 0.0214. The summed E-state index contributed by atoms with van der Waals surface area (Å²) in [6, 6.07) is 4.98. The average Bonchev–Trinajstić information content (AvgIpc) is 2.38. The van der Waals surface area contributed by atoms with Crippen LogP contribution in [0.3, 0.4) is 0 Å². The Balaban J connectivity index is 2.22. The second-order valence-electron chi connectivity index (χ2n) is 4.48. The highest BCUT2D eigenvalue weighted by Crippen LogP contribution is 2.28. The first-order valence-corrected chi connectivity index (χ1v) is 9.05. The molecule has 20 heavy (non-hydrogen) atoms. The Hall–Kier alpha value is -0.440. The number of rotatable bonds is 2. The van der Waals surface area contributed by atoms with Crippen molar-refractivity contribution >= 4 is 47.8 Å². The monoisotopic (exact) mass is 424 g/mol. The fraction of sp³-hybridized carbons (Fsp3) is 0.417. The third-order valence-corrected chi connectivity index (χ3v) is 6.56. The summed E-state index contributed by atoms with van der Waals surface area (Å²) < 4.78 is 27.9. The number of sulfonamides is 1. The third kappa shape index (κ3) is 3.24. The second kappa shape index (κ2) is 6.13. The van der Waals surface area contributed by atoms with E-state index in [-0.39, 0.29) is 10.8 Å². The number of hydrogen-bond donors (Lipinski definition) is 0. The van der Waals surface area contributed by atoms with Crippen LogP contribution in [-0.2, 0) is 14.8 Å². The topological polar surface area (TPSA) is 57.7 Å². The molecule has 0 spiro atoms. The van der Waals surface area contributed by atoms with Gasteiger partial charge in [0, 0.05) is 42.0 Å². The fourth-order valence-electron chi connectivity index (χ4n) is 2.07. The van der Waals surface area contributed by atoms with Gasteiger partial charge in [-0.05, 0) is 34.1 Å². The summed E-state index contributed by atoms with van der Waals surface area (Å²) in [5.41, 5.74) is 0. The van der Waals surface area contributed by atoms with Crippen molar-refractivity contribution in [2.75, 3.05) is 26.2 Å². The molecule has 110 valence electrons. The lowest BCUT2D eigenvalue weighted by molar-refractivity contribution is -0.129. The van der Waals surface area contributed by atoms with Crippen molar-refractivity contribution in [3.05, 3.63) is 27.1 Å². The molecule has 0 N–H and O–H groups in total. The Morgan fingerprint density at radius 2 is 1.75 bits per heavy atom. The van der Waals surface area contributed by atoms with Crippen molar-refractivity contribution in [3.63, 3.8) is 0 Å². The van der Waals surface area contributed by atoms with Crippen LogP contribution in [-0.4, -0.2) is 49.7 Å². The molecule has 0 atom stereocenters. The highest BCUT2D eigenvalue weighted by molar-refractivity contribution is 9.11. The van der Waals surface area contributed by atoms with Gasteiger partial charge in [-0.2, -0.15) is 4.31 Å². The van der Waals surface area contributed by atoms with E-state index in [0.29, 0.717) is 30.7 Å². The maximum absolute atomic E-state index is 12.6. The zero-order valence-electron chi connectivity index (χ0n) is 10.8. The Bertz CT molecular complexity index is 626. The van der Waals surface area contributed by atoms with Gasteiger partial charge in [0.25, 0.3) is 0 Å². The van der Waals surface area contributed by atoms with Crippen LogP contribution in [0.25, 0.3) is 0 Å². The standard InChI is InChI=1S/C12H14Br2N2O3S/c1-9(17)15-4-6-16(7-5-15)20(18,19)12-3-2-10(13)8-11(12)14/h2-3,8H,4-7H2,1H3. The Morgan fingerprint density at radius 3 is 2.25 bits per heavy atom. The van der Waals surface area contributed by atoms with Gasteiger partial charge < -0.3 is 4.90 Å². The second-order valence-corrected chi connectivity index (χ2v) is 8.16. The number of piperazine rings is 1. The Morgan fingerprint density at radius 1 is 1.15 bits per heavy atom. The van der Waals surface area contributed by atoms with Crippen LogP contribution >= 0.6 is 31.9 Å². The molecule has 8 heteroatoms. The molecule has 1 aromatic carbocycles. The van der Waals surface area contributed by atoms with Crippen molar-refractivity contribution < 1.29 is 13.2 Å². The quantitative estimate of drug-likeness (QED) is 0.728. The van der Waals surface area contributed by atoms with Crippen LogP contribution in [0.1, 0.15) is 6.92 Å². The molecule has 1 aliphatic rings. The van der Waals surface area contributed by atoms with Crippen LogP contribution in [0.15, 0.2) is 32.0 Å². The van der Waals surface area contributed by atoms with Crippen molar-refractivity contribution in [1.82, 2.24) is 9.21 Å². The average molecular weight is 426 g/mol. The first-order chi connectivity index (χ1) is 9.32. The van der Waals surface area contributed by atoms with Gasteiger partial charge >= 0.3 is 0 Å². The molecular formula is C12H14Br2N2O3S. The van der Waals surface area contributed by atoms with Crippen LogP contribution in [0.2, 0.25) is 0 Å². The minimum atomic E-state index is -3.53.